The van der Waals surface area contributed by atoms with E-state index in [2.05, 4.69) is 36.4 Å². The fourth-order valence-corrected chi connectivity index (χ4v) is 5.30. The molecule has 0 aliphatic carbocycles. The van der Waals surface area contributed by atoms with Gasteiger partial charge < -0.3 is 5.11 Å². The summed E-state index contributed by atoms with van der Waals surface area (Å²) < 4.78 is -1.02. The molecule has 2 nitrogen and oxygen atoms in total. The lowest BCUT2D eigenvalue weighted by Gasteiger charge is -2.42. The highest BCUT2D eigenvalue weighted by Gasteiger charge is 2.45. The second kappa shape index (κ2) is 8.24. The second-order valence-electron chi connectivity index (χ2n) is 7.54. The van der Waals surface area contributed by atoms with Crippen molar-refractivity contribution in [2.24, 2.45) is 5.92 Å². The third-order valence-electron chi connectivity index (χ3n) is 5.37. The van der Waals surface area contributed by atoms with Crippen LogP contribution in [-0.2, 0) is 9.54 Å². The molecule has 1 atom stereocenters. The maximum atomic E-state index is 11.8. The molecule has 1 N–H and O–H groups in total. The molecule has 0 fully saturated rings. The summed E-state index contributed by atoms with van der Waals surface area (Å²) in [5, 5.41) is 9.71. The number of hydrogen-bond donors (Lipinski definition) is 1. The Hall–Kier alpha value is -2.52. The minimum Gasteiger partial charge on any atom is -0.481 e. The predicted molar refractivity (Wildman–Crippen MR) is 118 cm³/mol. The standard InChI is InChI=1S/C25H26O2S/c1-19(23(26)27)24(2,3)28-25(20-13-7-4-8-14-20,21-15-9-5-10-16-21)22-17-11-6-12-18-22/h4-19H,1-3H3,(H,26,27)/t19-/m1/s1. The van der Waals surface area contributed by atoms with Crippen molar-refractivity contribution in [1.29, 1.82) is 0 Å². The number of aliphatic carboxylic acids is 1. The number of benzene rings is 3. The van der Waals surface area contributed by atoms with Gasteiger partial charge in [-0.25, -0.2) is 0 Å². The van der Waals surface area contributed by atoms with Crippen LogP contribution in [0.1, 0.15) is 37.5 Å². The van der Waals surface area contributed by atoms with Gasteiger partial charge >= 0.3 is 5.97 Å². The number of hydrogen-bond acceptors (Lipinski definition) is 2. The third-order valence-corrected chi connectivity index (χ3v) is 7.26. The summed E-state index contributed by atoms with van der Waals surface area (Å²) in [6.07, 6.45) is 0. The van der Waals surface area contributed by atoms with Gasteiger partial charge in [0.15, 0.2) is 0 Å². The van der Waals surface area contributed by atoms with Gasteiger partial charge in [0, 0.05) is 4.75 Å². The maximum absolute atomic E-state index is 11.8. The van der Waals surface area contributed by atoms with Crippen LogP contribution in [0.2, 0.25) is 0 Å². The first kappa shape index (κ1) is 20.2. The van der Waals surface area contributed by atoms with Crippen LogP contribution in [0.4, 0.5) is 0 Å². The van der Waals surface area contributed by atoms with E-state index in [0.29, 0.717) is 0 Å². The second-order valence-corrected chi connectivity index (χ2v) is 9.41. The molecule has 3 aromatic carbocycles. The molecule has 0 saturated carbocycles. The van der Waals surface area contributed by atoms with Gasteiger partial charge in [-0.2, -0.15) is 0 Å². The summed E-state index contributed by atoms with van der Waals surface area (Å²) in [5.74, 6) is -1.28. The van der Waals surface area contributed by atoms with E-state index < -0.39 is 21.4 Å². The molecule has 0 radical (unpaired) electrons. The Morgan fingerprint density at radius 2 is 1.07 bits per heavy atom. The molecule has 0 bridgehead atoms. The topological polar surface area (TPSA) is 37.3 Å². The Morgan fingerprint density at radius 3 is 1.36 bits per heavy atom. The molecule has 0 saturated heterocycles. The Bertz CT molecular complexity index is 808. The van der Waals surface area contributed by atoms with Crippen LogP contribution in [0.15, 0.2) is 91.0 Å². The van der Waals surface area contributed by atoms with Gasteiger partial charge in [0.25, 0.3) is 0 Å². The highest BCUT2D eigenvalue weighted by Crippen LogP contribution is 2.54. The van der Waals surface area contributed by atoms with E-state index in [1.165, 1.54) is 0 Å². The van der Waals surface area contributed by atoms with Crippen LogP contribution in [0, 0.1) is 5.92 Å². The third kappa shape index (κ3) is 3.85. The Morgan fingerprint density at radius 1 is 0.750 bits per heavy atom. The molecule has 28 heavy (non-hydrogen) atoms. The van der Waals surface area contributed by atoms with Crippen LogP contribution in [0.3, 0.4) is 0 Å². The fourth-order valence-electron chi connectivity index (χ4n) is 3.48. The van der Waals surface area contributed by atoms with E-state index in [0.717, 1.165) is 16.7 Å². The quantitative estimate of drug-likeness (QED) is 0.487. The first-order valence-corrected chi connectivity index (χ1v) is 10.3. The maximum Gasteiger partial charge on any atom is 0.307 e. The molecular weight excluding hydrogens is 364 g/mol. The highest BCUT2D eigenvalue weighted by molar-refractivity contribution is 8.02. The van der Waals surface area contributed by atoms with Crippen molar-refractivity contribution in [3.05, 3.63) is 108 Å². The number of carbonyl (C=O) groups is 1. The summed E-state index contributed by atoms with van der Waals surface area (Å²) in [7, 11) is 0. The van der Waals surface area contributed by atoms with E-state index in [1.54, 1.807) is 18.7 Å². The molecule has 0 spiro atoms. The summed E-state index contributed by atoms with van der Waals surface area (Å²) >= 11 is 1.71. The zero-order chi connectivity index (χ0) is 20.2. The van der Waals surface area contributed by atoms with Crippen molar-refractivity contribution in [2.45, 2.75) is 30.3 Å². The van der Waals surface area contributed by atoms with Crippen LogP contribution < -0.4 is 0 Å². The zero-order valence-corrected chi connectivity index (χ0v) is 17.3. The molecule has 0 unspecified atom stereocenters. The molecule has 0 heterocycles. The van der Waals surface area contributed by atoms with Crippen molar-refractivity contribution in [3.8, 4) is 0 Å². The molecular formula is C25H26O2S. The van der Waals surface area contributed by atoms with Gasteiger partial charge in [0.1, 0.15) is 0 Å². The van der Waals surface area contributed by atoms with Crippen molar-refractivity contribution >= 4 is 17.7 Å². The van der Waals surface area contributed by atoms with Crippen LogP contribution >= 0.6 is 11.8 Å². The fraction of sp³-hybridized carbons (Fsp3) is 0.240. The van der Waals surface area contributed by atoms with Crippen LogP contribution in [0.5, 0.6) is 0 Å². The lowest BCUT2D eigenvalue weighted by atomic mass is 9.84. The lowest BCUT2D eigenvalue weighted by Crippen LogP contribution is -2.38. The smallest absolute Gasteiger partial charge is 0.307 e. The normalized spacial score (nSPS) is 13.1. The highest BCUT2D eigenvalue weighted by atomic mass is 32.2. The predicted octanol–water partition coefficient (Wildman–Crippen LogP) is 6.21. The van der Waals surface area contributed by atoms with Crippen molar-refractivity contribution in [2.75, 3.05) is 0 Å². The van der Waals surface area contributed by atoms with Crippen molar-refractivity contribution < 1.29 is 9.90 Å². The summed E-state index contributed by atoms with van der Waals surface area (Å²) in [6, 6.07) is 31.1. The largest absolute Gasteiger partial charge is 0.481 e. The first-order valence-electron chi connectivity index (χ1n) is 9.47. The molecule has 0 amide bonds. The molecule has 144 valence electrons. The average molecular weight is 391 g/mol. The lowest BCUT2D eigenvalue weighted by molar-refractivity contribution is -0.141. The minimum absolute atomic E-state index is 0.506. The zero-order valence-electron chi connectivity index (χ0n) is 16.5. The molecule has 0 aliphatic heterocycles. The Balaban J connectivity index is 2.30. The van der Waals surface area contributed by atoms with Gasteiger partial charge in [-0.05, 0) is 30.5 Å². The van der Waals surface area contributed by atoms with Gasteiger partial charge in [-0.3, -0.25) is 4.79 Å². The Labute approximate surface area is 171 Å². The molecule has 3 rings (SSSR count). The molecule has 0 aliphatic rings. The molecule has 3 aromatic rings. The number of rotatable bonds is 7. The monoisotopic (exact) mass is 390 g/mol. The number of carboxylic acid groups (broad SMARTS) is 1. The average Bonchev–Trinajstić information content (AvgIpc) is 2.73. The van der Waals surface area contributed by atoms with Gasteiger partial charge in [-0.15, -0.1) is 11.8 Å². The SMILES string of the molecule is C[C@H](C(=O)O)C(C)(C)SC(c1ccccc1)(c1ccccc1)c1ccccc1. The number of carboxylic acids is 1. The van der Waals surface area contributed by atoms with Crippen LogP contribution in [0.25, 0.3) is 0 Å². The van der Waals surface area contributed by atoms with E-state index in [9.17, 15) is 9.90 Å². The first-order chi connectivity index (χ1) is 13.4. The molecule has 0 aromatic heterocycles. The summed E-state index contributed by atoms with van der Waals surface area (Å²) in [6.45, 7) is 5.85. The van der Waals surface area contributed by atoms with Crippen LogP contribution in [-0.4, -0.2) is 15.8 Å². The van der Waals surface area contributed by atoms with Crippen molar-refractivity contribution in [3.63, 3.8) is 0 Å². The van der Waals surface area contributed by atoms with Gasteiger partial charge in [0.05, 0.1) is 10.7 Å². The minimum atomic E-state index is -0.777. The molecule has 3 heteroatoms. The van der Waals surface area contributed by atoms with E-state index >= 15 is 0 Å². The van der Waals surface area contributed by atoms with Gasteiger partial charge in [-0.1, -0.05) is 97.9 Å². The van der Waals surface area contributed by atoms with E-state index in [4.69, 9.17) is 0 Å². The van der Waals surface area contributed by atoms with E-state index in [1.807, 2.05) is 68.4 Å². The van der Waals surface area contributed by atoms with E-state index in [-0.39, 0.29) is 0 Å². The summed E-state index contributed by atoms with van der Waals surface area (Å²) in [4.78, 5) is 11.8. The number of thioether (sulfide) groups is 1. The van der Waals surface area contributed by atoms with Gasteiger partial charge in [0.2, 0.25) is 0 Å². The van der Waals surface area contributed by atoms with Crippen molar-refractivity contribution in [1.82, 2.24) is 0 Å². The summed E-state index contributed by atoms with van der Waals surface area (Å²) in [5.41, 5.74) is 3.43. The Kier molecular flexibility index (Phi) is 5.95.